The highest BCUT2D eigenvalue weighted by molar-refractivity contribution is 5.79. The van der Waals surface area contributed by atoms with Gasteiger partial charge in [0, 0.05) is 31.5 Å². The molecule has 0 aliphatic rings. The number of hydrogen-bond acceptors (Lipinski definition) is 7. The summed E-state index contributed by atoms with van der Waals surface area (Å²) in [6, 6.07) is 10.0. The normalized spacial score (nSPS) is 11.0. The fraction of sp³-hybridized carbons (Fsp3) is 0.176. The van der Waals surface area contributed by atoms with Crippen molar-refractivity contribution in [2.45, 2.75) is 6.92 Å². The summed E-state index contributed by atoms with van der Waals surface area (Å²) in [5, 5.41) is 11.1. The summed E-state index contributed by atoms with van der Waals surface area (Å²) in [4.78, 5) is 13.9. The van der Waals surface area contributed by atoms with Crippen LogP contribution in [0.25, 0.3) is 22.5 Å². The molecule has 0 unspecified atom stereocenters. The largest absolute Gasteiger partial charge is 0.403 e. The molecule has 0 saturated carbocycles. The number of nitrogens with one attached hydrogen (secondary N) is 2. The molecule has 3 heterocycles. The SMILES string of the molecule is Cc1nccc2[nH]c(Nc3nnc(-c4ccc(N(C)C)cc4)o3)nc12. The number of benzene rings is 1. The lowest BCUT2D eigenvalue weighted by Crippen LogP contribution is -2.07. The minimum atomic E-state index is 0.274. The van der Waals surface area contributed by atoms with E-state index in [1.54, 1.807) is 6.20 Å². The molecule has 0 atom stereocenters. The monoisotopic (exact) mass is 335 g/mol. The summed E-state index contributed by atoms with van der Waals surface area (Å²) >= 11 is 0. The predicted molar refractivity (Wildman–Crippen MR) is 96.0 cm³/mol. The minimum absolute atomic E-state index is 0.274. The molecule has 8 heteroatoms. The number of rotatable bonds is 4. The molecule has 0 aliphatic carbocycles. The zero-order valence-corrected chi connectivity index (χ0v) is 14.1. The zero-order chi connectivity index (χ0) is 17.4. The third kappa shape index (κ3) is 2.89. The van der Waals surface area contributed by atoms with Crippen molar-refractivity contribution in [2.24, 2.45) is 0 Å². The molecular formula is C17H17N7O. The standard InChI is InChI=1S/C17H17N7O/c1-10-14-13(8-9-18-10)19-16(20-14)21-17-23-22-15(25-17)11-4-6-12(7-5-11)24(2)3/h4-9H,1-3H3,(H2,19,20,21,23). The van der Waals surface area contributed by atoms with Gasteiger partial charge in [0.1, 0.15) is 5.52 Å². The number of pyridine rings is 1. The van der Waals surface area contributed by atoms with Crippen LogP contribution >= 0.6 is 0 Å². The van der Waals surface area contributed by atoms with Crippen molar-refractivity contribution in [1.29, 1.82) is 0 Å². The second kappa shape index (κ2) is 5.90. The molecule has 0 amide bonds. The van der Waals surface area contributed by atoms with Crippen molar-refractivity contribution < 1.29 is 4.42 Å². The Hall–Kier alpha value is -3.42. The van der Waals surface area contributed by atoms with Crippen molar-refractivity contribution in [3.63, 3.8) is 0 Å². The first kappa shape index (κ1) is 15.1. The average molecular weight is 335 g/mol. The van der Waals surface area contributed by atoms with Crippen LogP contribution in [0.1, 0.15) is 5.69 Å². The summed E-state index contributed by atoms with van der Waals surface area (Å²) in [6.07, 6.45) is 1.74. The van der Waals surface area contributed by atoms with E-state index in [2.05, 4.69) is 30.5 Å². The average Bonchev–Trinajstić information content (AvgIpc) is 3.23. The number of nitrogens with zero attached hydrogens (tertiary/aromatic N) is 5. The van der Waals surface area contributed by atoms with Gasteiger partial charge >= 0.3 is 6.01 Å². The third-order valence-corrected chi connectivity index (χ3v) is 3.86. The Morgan fingerprint density at radius 3 is 2.60 bits per heavy atom. The molecule has 0 bridgehead atoms. The van der Waals surface area contributed by atoms with Gasteiger partial charge in [0.25, 0.3) is 0 Å². The van der Waals surface area contributed by atoms with Crippen LogP contribution in [0.15, 0.2) is 40.9 Å². The lowest BCUT2D eigenvalue weighted by molar-refractivity contribution is 0.587. The van der Waals surface area contributed by atoms with Gasteiger partial charge in [-0.1, -0.05) is 5.10 Å². The maximum Gasteiger partial charge on any atom is 0.322 e. The van der Waals surface area contributed by atoms with Crippen molar-refractivity contribution in [2.75, 3.05) is 24.3 Å². The molecule has 3 aromatic heterocycles. The Balaban J connectivity index is 1.57. The molecule has 4 rings (SSSR count). The summed E-state index contributed by atoms with van der Waals surface area (Å²) in [7, 11) is 3.99. The molecule has 0 spiro atoms. The molecule has 2 N–H and O–H groups in total. The third-order valence-electron chi connectivity index (χ3n) is 3.86. The molecule has 0 fully saturated rings. The number of aromatic amines is 1. The van der Waals surface area contributed by atoms with Gasteiger partial charge in [-0.2, -0.15) is 0 Å². The molecule has 1 aromatic carbocycles. The second-order valence-corrected chi connectivity index (χ2v) is 5.86. The first-order valence-electron chi connectivity index (χ1n) is 7.80. The molecule has 0 aliphatic heterocycles. The smallest absolute Gasteiger partial charge is 0.322 e. The molecule has 126 valence electrons. The number of imidazole rings is 1. The van der Waals surface area contributed by atoms with Gasteiger partial charge in [0.05, 0.1) is 11.2 Å². The maximum absolute atomic E-state index is 5.68. The van der Waals surface area contributed by atoms with Crippen LogP contribution in [0.2, 0.25) is 0 Å². The molecule has 0 radical (unpaired) electrons. The quantitative estimate of drug-likeness (QED) is 0.591. The van der Waals surface area contributed by atoms with Gasteiger partial charge in [0.15, 0.2) is 0 Å². The van der Waals surface area contributed by atoms with Crippen LogP contribution in [-0.2, 0) is 0 Å². The van der Waals surface area contributed by atoms with Gasteiger partial charge in [-0.25, -0.2) is 4.98 Å². The fourth-order valence-corrected chi connectivity index (χ4v) is 2.52. The number of H-pyrrole nitrogens is 1. The molecule has 25 heavy (non-hydrogen) atoms. The van der Waals surface area contributed by atoms with E-state index in [0.717, 1.165) is 28.0 Å². The van der Waals surface area contributed by atoms with Gasteiger partial charge < -0.3 is 14.3 Å². The van der Waals surface area contributed by atoms with E-state index in [1.165, 1.54) is 0 Å². The maximum atomic E-state index is 5.68. The van der Waals surface area contributed by atoms with Gasteiger partial charge in [0.2, 0.25) is 11.8 Å². The second-order valence-electron chi connectivity index (χ2n) is 5.86. The first-order valence-corrected chi connectivity index (χ1v) is 7.80. The highest BCUT2D eigenvalue weighted by Crippen LogP contribution is 2.24. The number of hydrogen-bond donors (Lipinski definition) is 2. The highest BCUT2D eigenvalue weighted by Gasteiger charge is 2.11. The number of fused-ring (bicyclic) bond motifs is 1. The minimum Gasteiger partial charge on any atom is -0.403 e. The Kier molecular flexibility index (Phi) is 3.57. The van der Waals surface area contributed by atoms with Gasteiger partial charge in [-0.15, -0.1) is 5.10 Å². The van der Waals surface area contributed by atoms with E-state index in [4.69, 9.17) is 4.42 Å². The van der Waals surface area contributed by atoms with Crippen molar-refractivity contribution in [1.82, 2.24) is 25.1 Å². The Bertz CT molecular complexity index is 1020. The van der Waals surface area contributed by atoms with Crippen molar-refractivity contribution in [3.8, 4) is 11.5 Å². The topological polar surface area (TPSA) is 95.8 Å². The van der Waals surface area contributed by atoms with E-state index in [9.17, 15) is 0 Å². The zero-order valence-electron chi connectivity index (χ0n) is 14.1. The van der Waals surface area contributed by atoms with E-state index in [0.29, 0.717) is 11.8 Å². The van der Waals surface area contributed by atoms with E-state index in [1.807, 2.05) is 56.3 Å². The van der Waals surface area contributed by atoms with Crippen LogP contribution in [0.4, 0.5) is 17.7 Å². The number of aryl methyl sites for hydroxylation is 1. The molecule has 8 nitrogen and oxygen atoms in total. The Morgan fingerprint density at radius 1 is 1.08 bits per heavy atom. The van der Waals surface area contributed by atoms with Crippen molar-refractivity contribution >= 4 is 28.7 Å². The Labute approximate surface area is 143 Å². The highest BCUT2D eigenvalue weighted by atomic mass is 16.4. The van der Waals surface area contributed by atoms with Crippen LogP contribution in [0.3, 0.4) is 0 Å². The lowest BCUT2D eigenvalue weighted by Gasteiger charge is -2.11. The van der Waals surface area contributed by atoms with Crippen molar-refractivity contribution in [3.05, 3.63) is 42.2 Å². The van der Waals surface area contributed by atoms with Gasteiger partial charge in [-0.3, -0.25) is 10.3 Å². The van der Waals surface area contributed by atoms with Crippen LogP contribution in [-0.4, -0.2) is 39.2 Å². The summed E-state index contributed by atoms with van der Waals surface area (Å²) in [6.45, 7) is 1.91. The lowest BCUT2D eigenvalue weighted by atomic mass is 10.2. The Morgan fingerprint density at radius 2 is 1.88 bits per heavy atom. The number of aromatic nitrogens is 5. The summed E-state index contributed by atoms with van der Waals surface area (Å²) in [5.41, 5.74) is 4.52. The number of anilines is 3. The van der Waals surface area contributed by atoms with Crippen LogP contribution in [0, 0.1) is 6.92 Å². The first-order chi connectivity index (χ1) is 12.1. The fourth-order valence-electron chi connectivity index (χ4n) is 2.52. The van der Waals surface area contributed by atoms with Gasteiger partial charge in [-0.05, 0) is 37.3 Å². The van der Waals surface area contributed by atoms with Crippen LogP contribution < -0.4 is 10.2 Å². The summed E-state index contributed by atoms with van der Waals surface area (Å²) in [5.74, 6) is 0.978. The predicted octanol–water partition coefficient (Wildman–Crippen LogP) is 3.13. The van der Waals surface area contributed by atoms with E-state index < -0.39 is 0 Å². The van der Waals surface area contributed by atoms with E-state index in [-0.39, 0.29) is 6.01 Å². The summed E-state index contributed by atoms with van der Waals surface area (Å²) < 4.78 is 5.68. The molecule has 0 saturated heterocycles. The van der Waals surface area contributed by atoms with E-state index >= 15 is 0 Å². The molecular weight excluding hydrogens is 318 g/mol. The molecule has 4 aromatic rings. The van der Waals surface area contributed by atoms with Crippen LogP contribution in [0.5, 0.6) is 0 Å².